The third kappa shape index (κ3) is 3.23. The number of hydrogen-bond donors (Lipinski definition) is 4. The zero-order valence-electron chi connectivity index (χ0n) is 13.5. The van der Waals surface area contributed by atoms with Crippen molar-refractivity contribution in [3.8, 4) is 5.75 Å². The summed E-state index contributed by atoms with van der Waals surface area (Å²) >= 11 is 0. The average Bonchev–Trinajstić information content (AvgIpc) is 3.00. The average molecular weight is 329 g/mol. The lowest BCUT2D eigenvalue weighted by Crippen LogP contribution is -2.25. The van der Waals surface area contributed by atoms with Crippen LogP contribution in [0.1, 0.15) is 28.7 Å². The van der Waals surface area contributed by atoms with E-state index in [1.54, 1.807) is 18.2 Å². The quantitative estimate of drug-likeness (QED) is 0.676. The van der Waals surface area contributed by atoms with Crippen LogP contribution in [0.3, 0.4) is 0 Å². The SMILES string of the molecule is COc1ccc(NC(C)=O)c(NC(=O)c2n[nH]c3c2CNCC3)c1. The molecule has 1 aliphatic heterocycles. The van der Waals surface area contributed by atoms with Gasteiger partial charge in [0.05, 0.1) is 18.5 Å². The number of fused-ring (bicyclic) bond motifs is 1. The number of H-pyrrole nitrogens is 1. The molecule has 24 heavy (non-hydrogen) atoms. The van der Waals surface area contributed by atoms with Crippen LogP contribution in [0.5, 0.6) is 5.75 Å². The van der Waals surface area contributed by atoms with E-state index in [0.29, 0.717) is 29.4 Å². The van der Waals surface area contributed by atoms with Crippen LogP contribution < -0.4 is 20.7 Å². The molecule has 8 heteroatoms. The number of methoxy groups -OCH3 is 1. The molecule has 2 heterocycles. The van der Waals surface area contributed by atoms with E-state index in [2.05, 4.69) is 26.1 Å². The highest BCUT2D eigenvalue weighted by Gasteiger charge is 2.22. The number of nitrogens with one attached hydrogen (secondary N) is 4. The number of carbonyl (C=O) groups excluding carboxylic acids is 2. The van der Waals surface area contributed by atoms with Crippen LogP contribution >= 0.6 is 0 Å². The molecule has 3 rings (SSSR count). The van der Waals surface area contributed by atoms with Crippen molar-refractivity contribution in [1.82, 2.24) is 15.5 Å². The molecule has 126 valence electrons. The van der Waals surface area contributed by atoms with E-state index in [1.165, 1.54) is 14.0 Å². The summed E-state index contributed by atoms with van der Waals surface area (Å²) in [5.74, 6) is 0.0122. The number of anilines is 2. The van der Waals surface area contributed by atoms with Gasteiger partial charge in [0, 0.05) is 43.8 Å². The number of benzene rings is 1. The minimum absolute atomic E-state index is 0.225. The highest BCUT2D eigenvalue weighted by molar-refractivity contribution is 6.07. The Morgan fingerprint density at radius 2 is 2.08 bits per heavy atom. The zero-order chi connectivity index (χ0) is 17.1. The highest BCUT2D eigenvalue weighted by atomic mass is 16.5. The van der Waals surface area contributed by atoms with E-state index in [4.69, 9.17) is 4.74 Å². The Labute approximate surface area is 139 Å². The number of rotatable bonds is 4. The van der Waals surface area contributed by atoms with E-state index in [9.17, 15) is 9.59 Å². The van der Waals surface area contributed by atoms with E-state index in [-0.39, 0.29) is 11.8 Å². The van der Waals surface area contributed by atoms with Crippen molar-refractivity contribution in [2.24, 2.45) is 0 Å². The van der Waals surface area contributed by atoms with Gasteiger partial charge in [-0.3, -0.25) is 14.7 Å². The van der Waals surface area contributed by atoms with Gasteiger partial charge in [-0.25, -0.2) is 0 Å². The predicted molar refractivity (Wildman–Crippen MR) is 89.2 cm³/mol. The fourth-order valence-corrected chi connectivity index (χ4v) is 2.65. The first kappa shape index (κ1) is 16.0. The first-order valence-corrected chi connectivity index (χ1v) is 7.62. The van der Waals surface area contributed by atoms with Crippen molar-refractivity contribution in [2.45, 2.75) is 19.9 Å². The van der Waals surface area contributed by atoms with Crippen LogP contribution in [0.25, 0.3) is 0 Å². The van der Waals surface area contributed by atoms with Crippen LogP contribution in [0.15, 0.2) is 18.2 Å². The van der Waals surface area contributed by atoms with Gasteiger partial charge in [0.2, 0.25) is 5.91 Å². The number of ether oxygens (including phenoxy) is 1. The molecule has 8 nitrogen and oxygen atoms in total. The van der Waals surface area contributed by atoms with Gasteiger partial charge in [-0.2, -0.15) is 5.10 Å². The summed E-state index contributed by atoms with van der Waals surface area (Å²) < 4.78 is 5.18. The fraction of sp³-hybridized carbons (Fsp3) is 0.312. The second kappa shape index (κ2) is 6.71. The van der Waals surface area contributed by atoms with Gasteiger partial charge in [0.15, 0.2) is 5.69 Å². The monoisotopic (exact) mass is 329 g/mol. The van der Waals surface area contributed by atoms with Gasteiger partial charge in [-0.1, -0.05) is 0 Å². The summed E-state index contributed by atoms with van der Waals surface area (Å²) in [6, 6.07) is 5.04. The van der Waals surface area contributed by atoms with Crippen molar-refractivity contribution >= 4 is 23.2 Å². The molecule has 0 saturated carbocycles. The number of carbonyl (C=O) groups is 2. The Morgan fingerprint density at radius 3 is 2.83 bits per heavy atom. The number of nitrogens with zero attached hydrogens (tertiary/aromatic N) is 1. The molecule has 0 saturated heterocycles. The van der Waals surface area contributed by atoms with Crippen LogP contribution in [0.2, 0.25) is 0 Å². The lowest BCUT2D eigenvalue weighted by Gasteiger charge is -2.14. The first-order valence-electron chi connectivity index (χ1n) is 7.62. The molecule has 0 bridgehead atoms. The second-order valence-corrected chi connectivity index (χ2v) is 5.50. The molecule has 1 aromatic heterocycles. The molecule has 1 aromatic carbocycles. The zero-order valence-corrected chi connectivity index (χ0v) is 13.5. The van der Waals surface area contributed by atoms with Crippen LogP contribution in [-0.2, 0) is 17.8 Å². The first-order chi connectivity index (χ1) is 11.6. The minimum Gasteiger partial charge on any atom is -0.497 e. The van der Waals surface area contributed by atoms with Gasteiger partial charge in [0.1, 0.15) is 5.75 Å². The lowest BCUT2D eigenvalue weighted by molar-refractivity contribution is -0.114. The van der Waals surface area contributed by atoms with Gasteiger partial charge < -0.3 is 20.7 Å². The van der Waals surface area contributed by atoms with Gasteiger partial charge in [-0.05, 0) is 12.1 Å². The summed E-state index contributed by atoms with van der Waals surface area (Å²) in [6.07, 6.45) is 0.811. The van der Waals surface area contributed by atoms with Crippen molar-refractivity contribution in [2.75, 3.05) is 24.3 Å². The molecule has 0 atom stereocenters. The maximum Gasteiger partial charge on any atom is 0.276 e. The van der Waals surface area contributed by atoms with Gasteiger partial charge in [-0.15, -0.1) is 0 Å². The van der Waals surface area contributed by atoms with Crippen molar-refractivity contribution in [3.05, 3.63) is 35.2 Å². The molecular formula is C16H19N5O3. The highest BCUT2D eigenvalue weighted by Crippen LogP contribution is 2.28. The van der Waals surface area contributed by atoms with Crippen molar-refractivity contribution in [1.29, 1.82) is 0 Å². The largest absolute Gasteiger partial charge is 0.497 e. The molecule has 2 aromatic rings. The molecule has 0 radical (unpaired) electrons. The standard InChI is InChI=1S/C16H19N5O3/c1-9(22)18-13-4-3-10(24-2)7-14(13)19-16(23)15-11-8-17-6-5-12(11)20-21-15/h3-4,7,17H,5-6,8H2,1-2H3,(H,18,22)(H,19,23)(H,20,21). The number of aromatic nitrogens is 2. The van der Waals surface area contributed by atoms with Crippen molar-refractivity contribution in [3.63, 3.8) is 0 Å². The second-order valence-electron chi connectivity index (χ2n) is 5.50. The topological polar surface area (TPSA) is 108 Å². The molecule has 4 N–H and O–H groups in total. The van der Waals surface area contributed by atoms with E-state index < -0.39 is 0 Å². The minimum atomic E-state index is -0.337. The van der Waals surface area contributed by atoms with Gasteiger partial charge in [0.25, 0.3) is 5.91 Å². The molecule has 0 fully saturated rings. The van der Waals surface area contributed by atoms with Crippen LogP contribution in [-0.4, -0.2) is 35.7 Å². The van der Waals surface area contributed by atoms with Gasteiger partial charge >= 0.3 is 0 Å². The summed E-state index contributed by atoms with van der Waals surface area (Å²) in [6.45, 7) is 2.87. The Balaban J connectivity index is 1.88. The number of aromatic amines is 1. The number of hydrogen-bond acceptors (Lipinski definition) is 5. The maximum absolute atomic E-state index is 12.6. The normalized spacial score (nSPS) is 13.1. The number of amides is 2. The summed E-state index contributed by atoms with van der Waals surface area (Å²) in [5, 5.41) is 15.8. The smallest absolute Gasteiger partial charge is 0.276 e. The maximum atomic E-state index is 12.6. The molecule has 0 spiro atoms. The fourth-order valence-electron chi connectivity index (χ4n) is 2.65. The van der Waals surface area contributed by atoms with Crippen molar-refractivity contribution < 1.29 is 14.3 Å². The van der Waals surface area contributed by atoms with E-state index >= 15 is 0 Å². The molecule has 0 unspecified atom stereocenters. The lowest BCUT2D eigenvalue weighted by atomic mass is 10.1. The Morgan fingerprint density at radius 1 is 1.25 bits per heavy atom. The Kier molecular flexibility index (Phi) is 4.48. The van der Waals surface area contributed by atoms with Crippen LogP contribution in [0, 0.1) is 0 Å². The third-order valence-electron chi connectivity index (χ3n) is 3.81. The van der Waals surface area contributed by atoms with E-state index in [0.717, 1.165) is 24.2 Å². The Bertz CT molecular complexity index is 784. The molecule has 0 aliphatic carbocycles. The van der Waals surface area contributed by atoms with Crippen LogP contribution in [0.4, 0.5) is 11.4 Å². The Hall–Kier alpha value is -2.87. The third-order valence-corrected chi connectivity index (χ3v) is 3.81. The summed E-state index contributed by atoms with van der Waals surface area (Å²) in [4.78, 5) is 24.0. The summed E-state index contributed by atoms with van der Waals surface area (Å²) in [5.41, 5.74) is 3.16. The molecule has 2 amide bonds. The predicted octanol–water partition coefficient (Wildman–Crippen LogP) is 1.27. The van der Waals surface area contributed by atoms with E-state index in [1.807, 2.05) is 0 Å². The molecular weight excluding hydrogens is 310 g/mol. The molecule has 1 aliphatic rings. The summed E-state index contributed by atoms with van der Waals surface area (Å²) in [7, 11) is 1.54.